The molecule has 6 nitrogen and oxygen atoms in total. The molecule has 0 radical (unpaired) electrons. The van der Waals surface area contributed by atoms with Gasteiger partial charge in [-0.2, -0.15) is 5.26 Å². The summed E-state index contributed by atoms with van der Waals surface area (Å²) in [6, 6.07) is 15.7. The number of hydrogen-bond acceptors (Lipinski definition) is 5. The highest BCUT2D eigenvalue weighted by Crippen LogP contribution is 2.07. The lowest BCUT2D eigenvalue weighted by Crippen LogP contribution is -2.11. The fourth-order valence-corrected chi connectivity index (χ4v) is 2.26. The number of hydrogen-bond donors (Lipinski definition) is 1. The average Bonchev–Trinajstić information content (AvgIpc) is 3.07. The van der Waals surface area contributed by atoms with Crippen LogP contribution in [-0.2, 0) is 19.5 Å². The molecule has 2 heterocycles. The molecule has 1 N–H and O–H groups in total. The van der Waals surface area contributed by atoms with Crippen molar-refractivity contribution in [1.29, 1.82) is 5.26 Å². The number of nitriles is 1. The fourth-order valence-electron chi connectivity index (χ4n) is 2.26. The first kappa shape index (κ1) is 14.7. The van der Waals surface area contributed by atoms with Crippen LogP contribution in [0.2, 0.25) is 0 Å². The first-order valence-corrected chi connectivity index (χ1v) is 7.37. The summed E-state index contributed by atoms with van der Waals surface area (Å²) < 4.78 is 2.12. The highest BCUT2D eigenvalue weighted by molar-refractivity contribution is 5.35. The van der Waals surface area contributed by atoms with Gasteiger partial charge in [-0.25, -0.2) is 4.98 Å². The van der Waals surface area contributed by atoms with E-state index in [0.29, 0.717) is 18.1 Å². The van der Waals surface area contributed by atoms with Crippen molar-refractivity contribution in [1.82, 2.24) is 19.7 Å². The van der Waals surface area contributed by atoms with E-state index in [1.807, 2.05) is 18.3 Å². The summed E-state index contributed by atoms with van der Waals surface area (Å²) >= 11 is 0. The molecule has 3 aromatic rings. The van der Waals surface area contributed by atoms with Crippen LogP contribution in [0.4, 0.5) is 5.82 Å². The molecule has 0 aliphatic heterocycles. The molecule has 0 atom stereocenters. The summed E-state index contributed by atoms with van der Waals surface area (Å²) in [6.07, 6.45) is 4.73. The molecule has 0 bridgehead atoms. The Labute approximate surface area is 134 Å². The molecule has 3 rings (SSSR count). The van der Waals surface area contributed by atoms with E-state index in [4.69, 9.17) is 5.26 Å². The minimum Gasteiger partial charge on any atom is -0.361 e. The Balaban J connectivity index is 1.58. The van der Waals surface area contributed by atoms with Crippen molar-refractivity contribution in [3.8, 4) is 6.07 Å². The predicted molar refractivity (Wildman–Crippen MR) is 86.4 cm³/mol. The maximum absolute atomic E-state index is 8.71. The van der Waals surface area contributed by atoms with Crippen LogP contribution in [-0.4, -0.2) is 19.7 Å². The number of imidazole rings is 1. The van der Waals surface area contributed by atoms with Gasteiger partial charge in [0, 0.05) is 18.9 Å². The van der Waals surface area contributed by atoms with Crippen molar-refractivity contribution in [2.75, 3.05) is 5.32 Å². The lowest BCUT2D eigenvalue weighted by atomic mass is 10.1. The Bertz CT molecular complexity index is 786. The molecule has 0 saturated heterocycles. The zero-order valence-electron chi connectivity index (χ0n) is 12.6. The summed E-state index contributed by atoms with van der Waals surface area (Å²) in [5, 5.41) is 19.6. The van der Waals surface area contributed by atoms with Gasteiger partial charge in [-0.1, -0.05) is 30.3 Å². The quantitative estimate of drug-likeness (QED) is 0.756. The molecule has 114 valence electrons. The van der Waals surface area contributed by atoms with Gasteiger partial charge in [-0.05, 0) is 24.1 Å². The van der Waals surface area contributed by atoms with E-state index in [1.165, 1.54) is 5.56 Å². The number of rotatable bonds is 6. The van der Waals surface area contributed by atoms with Crippen molar-refractivity contribution in [3.05, 3.63) is 71.9 Å². The first-order chi connectivity index (χ1) is 11.3. The van der Waals surface area contributed by atoms with Gasteiger partial charge in [0.15, 0.2) is 5.69 Å². The molecule has 1 aromatic carbocycles. The lowest BCUT2D eigenvalue weighted by molar-refractivity contribution is 0.657. The maximum atomic E-state index is 8.71. The Kier molecular flexibility index (Phi) is 4.60. The topological polar surface area (TPSA) is 79.4 Å². The number of aromatic nitrogens is 4. The molecule has 6 heteroatoms. The van der Waals surface area contributed by atoms with E-state index < -0.39 is 0 Å². The van der Waals surface area contributed by atoms with Gasteiger partial charge in [0.2, 0.25) is 0 Å². The minimum absolute atomic E-state index is 0.305. The zero-order chi connectivity index (χ0) is 15.9. The van der Waals surface area contributed by atoms with Crippen LogP contribution in [0.25, 0.3) is 0 Å². The number of nitrogens with one attached hydrogen (secondary N) is 1. The number of benzene rings is 1. The molecule has 0 aliphatic rings. The summed E-state index contributed by atoms with van der Waals surface area (Å²) in [7, 11) is 0. The predicted octanol–water partition coefficient (Wildman–Crippen LogP) is 2.40. The van der Waals surface area contributed by atoms with Crippen LogP contribution >= 0.6 is 0 Å². The van der Waals surface area contributed by atoms with Gasteiger partial charge in [0.25, 0.3) is 0 Å². The van der Waals surface area contributed by atoms with Crippen molar-refractivity contribution in [3.63, 3.8) is 0 Å². The van der Waals surface area contributed by atoms with Gasteiger partial charge in [-0.3, -0.25) is 0 Å². The highest BCUT2D eigenvalue weighted by Gasteiger charge is 2.04. The van der Waals surface area contributed by atoms with Crippen LogP contribution in [0.1, 0.15) is 17.1 Å². The second-order valence-corrected chi connectivity index (χ2v) is 5.04. The van der Waals surface area contributed by atoms with Crippen LogP contribution in [0.5, 0.6) is 0 Å². The summed E-state index contributed by atoms with van der Waals surface area (Å²) in [6.45, 7) is 1.43. The van der Waals surface area contributed by atoms with E-state index in [0.717, 1.165) is 18.8 Å². The van der Waals surface area contributed by atoms with Crippen LogP contribution in [0.15, 0.2) is 54.9 Å². The van der Waals surface area contributed by atoms with Gasteiger partial charge < -0.3 is 9.88 Å². The second kappa shape index (κ2) is 7.18. The standard InChI is InChI=1S/C17H16N6/c18-12-15-6-7-16(22-21-15)20-13-17-19-9-11-23(17)10-8-14-4-2-1-3-5-14/h1-7,9,11H,8,10,13H2,(H,20,22). The summed E-state index contributed by atoms with van der Waals surface area (Å²) in [5.74, 6) is 1.56. The molecule has 2 aromatic heterocycles. The van der Waals surface area contributed by atoms with E-state index in [9.17, 15) is 0 Å². The van der Waals surface area contributed by atoms with Crippen molar-refractivity contribution in [2.24, 2.45) is 0 Å². The third kappa shape index (κ3) is 3.92. The van der Waals surface area contributed by atoms with E-state index >= 15 is 0 Å². The van der Waals surface area contributed by atoms with Gasteiger partial charge in [-0.15, -0.1) is 10.2 Å². The summed E-state index contributed by atoms with van der Waals surface area (Å²) in [5.41, 5.74) is 1.61. The SMILES string of the molecule is N#Cc1ccc(NCc2nccn2CCc2ccccc2)nn1. The Morgan fingerprint density at radius 2 is 1.96 bits per heavy atom. The third-order valence-corrected chi connectivity index (χ3v) is 3.49. The molecular weight excluding hydrogens is 288 g/mol. The molecule has 0 saturated carbocycles. The second-order valence-electron chi connectivity index (χ2n) is 5.04. The van der Waals surface area contributed by atoms with Gasteiger partial charge in [0.1, 0.15) is 17.7 Å². The van der Waals surface area contributed by atoms with E-state index in [1.54, 1.807) is 18.3 Å². The number of nitrogens with zero attached hydrogens (tertiary/aromatic N) is 5. The van der Waals surface area contributed by atoms with Crippen molar-refractivity contribution < 1.29 is 0 Å². The smallest absolute Gasteiger partial charge is 0.163 e. The summed E-state index contributed by atoms with van der Waals surface area (Å²) in [4.78, 5) is 4.38. The fraction of sp³-hybridized carbons (Fsp3) is 0.176. The van der Waals surface area contributed by atoms with Crippen molar-refractivity contribution >= 4 is 5.82 Å². The number of anilines is 1. The largest absolute Gasteiger partial charge is 0.361 e. The Morgan fingerprint density at radius 3 is 2.70 bits per heavy atom. The van der Waals surface area contributed by atoms with Crippen LogP contribution in [0, 0.1) is 11.3 Å². The molecule has 0 unspecified atom stereocenters. The van der Waals surface area contributed by atoms with Crippen LogP contribution in [0.3, 0.4) is 0 Å². The van der Waals surface area contributed by atoms with Gasteiger partial charge in [0.05, 0.1) is 6.54 Å². The number of aryl methyl sites for hydroxylation is 2. The minimum atomic E-state index is 0.305. The molecule has 0 fully saturated rings. The zero-order valence-corrected chi connectivity index (χ0v) is 12.6. The third-order valence-electron chi connectivity index (χ3n) is 3.49. The molecule has 0 aliphatic carbocycles. The molecule has 23 heavy (non-hydrogen) atoms. The maximum Gasteiger partial charge on any atom is 0.163 e. The molecule has 0 amide bonds. The van der Waals surface area contributed by atoms with Crippen LogP contribution < -0.4 is 5.32 Å². The van der Waals surface area contributed by atoms with Crippen molar-refractivity contribution in [2.45, 2.75) is 19.5 Å². The van der Waals surface area contributed by atoms with E-state index in [-0.39, 0.29) is 0 Å². The molecule has 0 spiro atoms. The normalized spacial score (nSPS) is 10.2. The van der Waals surface area contributed by atoms with E-state index in [2.05, 4.69) is 49.3 Å². The lowest BCUT2D eigenvalue weighted by Gasteiger charge is -2.09. The average molecular weight is 304 g/mol. The highest BCUT2D eigenvalue weighted by atomic mass is 15.2. The molecular formula is C17H16N6. The Morgan fingerprint density at radius 1 is 1.09 bits per heavy atom. The monoisotopic (exact) mass is 304 g/mol. The Hall–Kier alpha value is -3.20. The van der Waals surface area contributed by atoms with Gasteiger partial charge >= 0.3 is 0 Å². The first-order valence-electron chi connectivity index (χ1n) is 7.37.